The normalized spacial score (nSPS) is 22.9. The Kier molecular flexibility index (Phi) is 3.69. The van der Waals surface area contributed by atoms with Crippen LogP contribution in [0.3, 0.4) is 0 Å². The summed E-state index contributed by atoms with van der Waals surface area (Å²) >= 11 is 1.88. The van der Waals surface area contributed by atoms with Crippen LogP contribution in [0.15, 0.2) is 29.3 Å². The van der Waals surface area contributed by atoms with Crippen LogP contribution in [0.4, 0.5) is 0 Å². The van der Waals surface area contributed by atoms with Crippen LogP contribution in [0.1, 0.15) is 31.2 Å². The van der Waals surface area contributed by atoms with E-state index in [1.807, 2.05) is 23.9 Å². The van der Waals surface area contributed by atoms with Gasteiger partial charge in [0, 0.05) is 11.3 Å². The minimum atomic E-state index is 0.359. The zero-order valence-electron chi connectivity index (χ0n) is 11.3. The molecule has 0 bridgehead atoms. The molecule has 4 heteroatoms. The minimum Gasteiger partial charge on any atom is -0.497 e. The van der Waals surface area contributed by atoms with Gasteiger partial charge in [-0.2, -0.15) is 0 Å². The highest BCUT2D eigenvalue weighted by atomic mass is 32.2. The number of nitrogens with zero attached hydrogens (tertiary/aromatic N) is 1. The predicted octanol–water partition coefficient (Wildman–Crippen LogP) is 3.20. The molecule has 1 aliphatic carbocycles. The van der Waals surface area contributed by atoms with Crippen LogP contribution in [0.5, 0.6) is 5.75 Å². The lowest BCUT2D eigenvalue weighted by atomic mass is 10.0. The van der Waals surface area contributed by atoms with Crippen molar-refractivity contribution in [2.45, 2.75) is 37.8 Å². The van der Waals surface area contributed by atoms with E-state index in [0.29, 0.717) is 5.54 Å². The van der Waals surface area contributed by atoms with Gasteiger partial charge in [-0.1, -0.05) is 36.7 Å². The Morgan fingerprint density at radius 1 is 1.37 bits per heavy atom. The summed E-state index contributed by atoms with van der Waals surface area (Å²) in [5.41, 5.74) is 1.55. The molecule has 1 saturated carbocycles. The molecule has 1 aromatic carbocycles. The zero-order valence-corrected chi connectivity index (χ0v) is 12.1. The fourth-order valence-electron chi connectivity index (χ4n) is 2.85. The average molecular weight is 276 g/mol. The summed E-state index contributed by atoms with van der Waals surface area (Å²) in [6.07, 6.45) is 5.32. The van der Waals surface area contributed by atoms with Crippen LogP contribution in [-0.4, -0.2) is 23.6 Å². The SMILES string of the molecule is COc1cccc(CN=C2NC3(CCCC3)CS2)c1. The van der Waals surface area contributed by atoms with Crippen LogP contribution in [0.25, 0.3) is 0 Å². The molecule has 3 nitrogen and oxygen atoms in total. The highest BCUT2D eigenvalue weighted by molar-refractivity contribution is 8.14. The van der Waals surface area contributed by atoms with Crippen molar-refractivity contribution < 1.29 is 4.74 Å². The monoisotopic (exact) mass is 276 g/mol. The van der Waals surface area contributed by atoms with Crippen molar-refractivity contribution >= 4 is 16.9 Å². The number of ether oxygens (including phenoxy) is 1. The third kappa shape index (κ3) is 2.89. The number of hydrogen-bond acceptors (Lipinski definition) is 3. The summed E-state index contributed by atoms with van der Waals surface area (Å²) < 4.78 is 5.23. The summed E-state index contributed by atoms with van der Waals surface area (Å²) in [7, 11) is 1.70. The van der Waals surface area contributed by atoms with E-state index in [1.54, 1.807) is 7.11 Å². The molecule has 2 fully saturated rings. The molecule has 0 radical (unpaired) electrons. The highest BCUT2D eigenvalue weighted by Gasteiger charge is 2.39. The number of aliphatic imine (C=N–C) groups is 1. The quantitative estimate of drug-likeness (QED) is 0.920. The Hall–Kier alpha value is -1.16. The fraction of sp³-hybridized carbons (Fsp3) is 0.533. The molecule has 0 amide bonds. The molecule has 1 aliphatic heterocycles. The van der Waals surface area contributed by atoms with Crippen LogP contribution in [0, 0.1) is 0 Å². The van der Waals surface area contributed by atoms with Gasteiger partial charge in [0.05, 0.1) is 13.7 Å². The van der Waals surface area contributed by atoms with Crippen molar-refractivity contribution in [3.05, 3.63) is 29.8 Å². The van der Waals surface area contributed by atoms with Crippen LogP contribution in [-0.2, 0) is 6.54 Å². The van der Waals surface area contributed by atoms with Crippen molar-refractivity contribution in [3.8, 4) is 5.75 Å². The molecule has 0 unspecified atom stereocenters. The Labute approximate surface area is 118 Å². The Bertz CT molecular complexity index is 481. The Balaban J connectivity index is 1.63. The second-order valence-electron chi connectivity index (χ2n) is 5.37. The number of rotatable bonds is 3. The third-order valence-electron chi connectivity index (χ3n) is 3.96. The van der Waals surface area contributed by atoms with Crippen LogP contribution in [0.2, 0.25) is 0 Å². The summed E-state index contributed by atoms with van der Waals surface area (Å²) in [5.74, 6) is 2.08. The number of nitrogens with one attached hydrogen (secondary N) is 1. The van der Waals surface area contributed by atoms with Gasteiger partial charge in [0.15, 0.2) is 5.17 Å². The van der Waals surface area contributed by atoms with Crippen molar-refractivity contribution in [2.75, 3.05) is 12.9 Å². The maximum absolute atomic E-state index is 5.23. The van der Waals surface area contributed by atoms with E-state index in [4.69, 9.17) is 9.73 Å². The van der Waals surface area contributed by atoms with Crippen molar-refractivity contribution in [3.63, 3.8) is 0 Å². The largest absolute Gasteiger partial charge is 0.497 e. The number of methoxy groups -OCH3 is 1. The predicted molar refractivity (Wildman–Crippen MR) is 80.9 cm³/mol. The van der Waals surface area contributed by atoms with Gasteiger partial charge in [-0.3, -0.25) is 4.99 Å². The van der Waals surface area contributed by atoms with Crippen LogP contribution >= 0.6 is 11.8 Å². The maximum Gasteiger partial charge on any atom is 0.157 e. The van der Waals surface area contributed by atoms with Gasteiger partial charge < -0.3 is 10.1 Å². The molecule has 19 heavy (non-hydrogen) atoms. The summed E-state index contributed by atoms with van der Waals surface area (Å²) in [4.78, 5) is 4.70. The molecule has 3 rings (SSSR count). The smallest absolute Gasteiger partial charge is 0.157 e. The van der Waals surface area contributed by atoms with E-state index in [-0.39, 0.29) is 0 Å². The number of thioether (sulfide) groups is 1. The molecular formula is C15H20N2OS. The van der Waals surface area contributed by atoms with Gasteiger partial charge in [-0.25, -0.2) is 0 Å². The summed E-state index contributed by atoms with van der Waals surface area (Å²) in [5, 5.41) is 4.76. The van der Waals surface area contributed by atoms with Gasteiger partial charge in [-0.05, 0) is 30.5 Å². The van der Waals surface area contributed by atoms with Crippen LogP contribution < -0.4 is 10.1 Å². The number of hydrogen-bond donors (Lipinski definition) is 1. The maximum atomic E-state index is 5.23. The fourth-order valence-corrected chi connectivity index (χ4v) is 4.06. The van der Waals surface area contributed by atoms with Gasteiger partial charge in [0.2, 0.25) is 0 Å². The van der Waals surface area contributed by atoms with Gasteiger partial charge in [-0.15, -0.1) is 0 Å². The van der Waals surface area contributed by atoms with E-state index >= 15 is 0 Å². The zero-order chi connectivity index (χ0) is 13.1. The molecule has 1 saturated heterocycles. The first-order valence-electron chi connectivity index (χ1n) is 6.88. The lowest BCUT2D eigenvalue weighted by Crippen LogP contribution is -2.40. The average Bonchev–Trinajstić information content (AvgIpc) is 3.08. The topological polar surface area (TPSA) is 33.6 Å². The van der Waals surface area contributed by atoms with Crippen molar-refractivity contribution in [2.24, 2.45) is 4.99 Å². The van der Waals surface area contributed by atoms with Gasteiger partial charge in [0.25, 0.3) is 0 Å². The molecule has 0 aromatic heterocycles. The molecule has 1 heterocycles. The summed E-state index contributed by atoms with van der Waals surface area (Å²) in [6, 6.07) is 8.13. The highest BCUT2D eigenvalue weighted by Crippen LogP contribution is 2.37. The number of amidine groups is 1. The molecule has 1 spiro atoms. The summed E-state index contributed by atoms with van der Waals surface area (Å²) in [6.45, 7) is 0.725. The van der Waals surface area contributed by atoms with E-state index in [1.165, 1.54) is 37.0 Å². The van der Waals surface area contributed by atoms with E-state index in [2.05, 4.69) is 17.4 Å². The van der Waals surface area contributed by atoms with Crippen molar-refractivity contribution in [1.82, 2.24) is 5.32 Å². The molecule has 0 atom stereocenters. The lowest BCUT2D eigenvalue weighted by molar-refractivity contribution is 0.414. The van der Waals surface area contributed by atoms with E-state index in [0.717, 1.165) is 17.5 Å². The molecular weight excluding hydrogens is 256 g/mol. The van der Waals surface area contributed by atoms with Gasteiger partial charge in [0.1, 0.15) is 5.75 Å². The van der Waals surface area contributed by atoms with E-state index < -0.39 is 0 Å². The molecule has 1 aromatic rings. The first-order chi connectivity index (χ1) is 9.30. The minimum absolute atomic E-state index is 0.359. The molecule has 102 valence electrons. The number of benzene rings is 1. The molecule has 2 aliphatic rings. The third-order valence-corrected chi connectivity index (χ3v) is 5.16. The second-order valence-corrected chi connectivity index (χ2v) is 6.34. The Morgan fingerprint density at radius 3 is 3.00 bits per heavy atom. The van der Waals surface area contributed by atoms with Gasteiger partial charge >= 0.3 is 0 Å². The van der Waals surface area contributed by atoms with E-state index in [9.17, 15) is 0 Å². The molecule has 1 N–H and O–H groups in total. The second kappa shape index (κ2) is 5.45. The standard InChI is InChI=1S/C15H20N2OS/c1-18-13-6-4-5-12(9-13)10-16-14-17-15(11-19-14)7-2-3-8-15/h4-6,9H,2-3,7-8,10-11H2,1H3,(H,16,17). The first-order valence-corrected chi connectivity index (χ1v) is 7.87. The lowest BCUT2D eigenvalue weighted by Gasteiger charge is -2.21. The first kappa shape index (κ1) is 12.9. The Morgan fingerprint density at radius 2 is 2.21 bits per heavy atom. The van der Waals surface area contributed by atoms with Crippen molar-refractivity contribution in [1.29, 1.82) is 0 Å².